The van der Waals surface area contributed by atoms with Crippen molar-refractivity contribution in [1.82, 2.24) is 9.97 Å². The van der Waals surface area contributed by atoms with E-state index < -0.39 is 12.0 Å². The molecule has 0 aliphatic rings. The number of hydrogen-bond donors (Lipinski definition) is 3. The first-order valence-electron chi connectivity index (χ1n) is 11.0. The summed E-state index contributed by atoms with van der Waals surface area (Å²) in [4.78, 5) is 20.1. The molecule has 0 fully saturated rings. The van der Waals surface area contributed by atoms with Gasteiger partial charge in [0.1, 0.15) is 18.2 Å². The molecule has 34 heavy (non-hydrogen) atoms. The largest absolute Gasteiger partial charge is 0.480 e. The van der Waals surface area contributed by atoms with Crippen molar-refractivity contribution < 1.29 is 9.90 Å². The maximum atomic E-state index is 11.0. The molecule has 1 unspecified atom stereocenters. The summed E-state index contributed by atoms with van der Waals surface area (Å²) < 4.78 is 1.00. The Balaban J connectivity index is 1.40. The fourth-order valence-corrected chi connectivity index (χ4v) is 5.07. The molecule has 6 nitrogen and oxygen atoms in total. The summed E-state index contributed by atoms with van der Waals surface area (Å²) in [6, 6.07) is 21.8. The van der Waals surface area contributed by atoms with Gasteiger partial charge in [0.15, 0.2) is 0 Å². The number of carboxylic acid groups (broad SMARTS) is 1. The van der Waals surface area contributed by atoms with Crippen LogP contribution in [-0.2, 0) is 11.2 Å². The van der Waals surface area contributed by atoms with Crippen LogP contribution >= 0.6 is 11.3 Å². The Labute approximate surface area is 201 Å². The highest BCUT2D eigenvalue weighted by Crippen LogP contribution is 2.37. The van der Waals surface area contributed by atoms with E-state index in [1.807, 2.05) is 30.3 Å². The van der Waals surface area contributed by atoms with Crippen LogP contribution in [0, 0.1) is 0 Å². The number of thiophene rings is 1. The van der Waals surface area contributed by atoms with E-state index in [9.17, 15) is 4.79 Å². The number of nitrogens with one attached hydrogen (secondary N) is 1. The van der Waals surface area contributed by atoms with Gasteiger partial charge in [-0.05, 0) is 46.9 Å². The molecule has 2 atom stereocenters. The highest BCUT2D eigenvalue weighted by atomic mass is 32.1. The van der Waals surface area contributed by atoms with Gasteiger partial charge in [0.2, 0.25) is 0 Å². The number of hydrogen-bond acceptors (Lipinski definition) is 6. The van der Waals surface area contributed by atoms with Crippen LogP contribution in [-0.4, -0.2) is 27.1 Å². The van der Waals surface area contributed by atoms with Crippen molar-refractivity contribution in [3.63, 3.8) is 0 Å². The van der Waals surface area contributed by atoms with E-state index in [1.54, 1.807) is 17.7 Å². The van der Waals surface area contributed by atoms with Gasteiger partial charge in [-0.25, -0.2) is 9.97 Å². The summed E-state index contributed by atoms with van der Waals surface area (Å²) in [7, 11) is 0. The third kappa shape index (κ3) is 4.35. The maximum Gasteiger partial charge on any atom is 0.320 e. The summed E-state index contributed by atoms with van der Waals surface area (Å²) in [5.41, 5.74) is 10.7. The van der Waals surface area contributed by atoms with Crippen LogP contribution in [0.2, 0.25) is 0 Å². The van der Waals surface area contributed by atoms with Gasteiger partial charge in [0.05, 0.1) is 16.3 Å². The van der Waals surface area contributed by atoms with Crippen molar-refractivity contribution in [2.75, 3.05) is 5.32 Å². The molecular weight excluding hydrogens is 444 g/mol. The third-order valence-corrected chi connectivity index (χ3v) is 6.99. The van der Waals surface area contributed by atoms with Gasteiger partial charge in [0.25, 0.3) is 0 Å². The smallest absolute Gasteiger partial charge is 0.320 e. The van der Waals surface area contributed by atoms with Gasteiger partial charge in [0, 0.05) is 10.9 Å². The number of nitrogens with two attached hydrogens (primary N) is 1. The molecule has 5 rings (SSSR count). The van der Waals surface area contributed by atoms with Crippen molar-refractivity contribution in [2.45, 2.75) is 25.4 Å². The van der Waals surface area contributed by atoms with Crippen LogP contribution in [0.4, 0.5) is 5.82 Å². The predicted octanol–water partition coefficient (Wildman–Crippen LogP) is 5.64. The van der Waals surface area contributed by atoms with Crippen molar-refractivity contribution in [2.24, 2.45) is 5.73 Å². The van der Waals surface area contributed by atoms with E-state index in [-0.39, 0.29) is 6.04 Å². The fraction of sp³-hybridized carbons (Fsp3) is 0.148. The second kappa shape index (κ2) is 9.21. The average molecular weight is 469 g/mol. The maximum absolute atomic E-state index is 11.0. The average Bonchev–Trinajstić information content (AvgIpc) is 3.29. The summed E-state index contributed by atoms with van der Waals surface area (Å²) in [5, 5.41) is 17.1. The van der Waals surface area contributed by atoms with Crippen LogP contribution in [0.15, 0.2) is 78.4 Å². The molecule has 170 valence electrons. The van der Waals surface area contributed by atoms with E-state index in [2.05, 4.69) is 64.0 Å². The zero-order valence-corrected chi connectivity index (χ0v) is 19.4. The molecule has 7 heteroatoms. The molecule has 2 heterocycles. The van der Waals surface area contributed by atoms with Crippen molar-refractivity contribution in [3.8, 4) is 11.1 Å². The van der Waals surface area contributed by atoms with E-state index >= 15 is 0 Å². The van der Waals surface area contributed by atoms with Crippen LogP contribution in [0.1, 0.15) is 24.1 Å². The highest BCUT2D eigenvalue weighted by molar-refractivity contribution is 7.18. The van der Waals surface area contributed by atoms with Crippen molar-refractivity contribution >= 4 is 44.1 Å². The quantitative estimate of drug-likeness (QED) is 0.286. The number of anilines is 1. The zero-order chi connectivity index (χ0) is 23.7. The van der Waals surface area contributed by atoms with E-state index in [0.29, 0.717) is 6.42 Å². The Kier molecular flexibility index (Phi) is 5.96. The van der Waals surface area contributed by atoms with E-state index in [4.69, 9.17) is 10.8 Å². The molecule has 0 saturated carbocycles. The summed E-state index contributed by atoms with van der Waals surface area (Å²) >= 11 is 1.61. The molecule has 0 aliphatic carbocycles. The first-order chi connectivity index (χ1) is 16.5. The lowest BCUT2D eigenvalue weighted by Gasteiger charge is -2.16. The Bertz CT molecular complexity index is 1480. The molecule has 0 spiro atoms. The zero-order valence-electron chi connectivity index (χ0n) is 18.6. The monoisotopic (exact) mass is 468 g/mol. The van der Waals surface area contributed by atoms with Crippen LogP contribution < -0.4 is 11.1 Å². The summed E-state index contributed by atoms with van der Waals surface area (Å²) in [5.74, 6) is -0.187. The van der Waals surface area contributed by atoms with Crippen LogP contribution in [0.25, 0.3) is 32.1 Å². The molecule has 4 N–H and O–H groups in total. The summed E-state index contributed by atoms with van der Waals surface area (Å²) in [6.45, 7) is 2.13. The lowest BCUT2D eigenvalue weighted by molar-refractivity contribution is -0.138. The number of carbonyl (C=O) groups is 1. The number of aliphatic carboxylic acids is 1. The highest BCUT2D eigenvalue weighted by Gasteiger charge is 2.16. The van der Waals surface area contributed by atoms with Gasteiger partial charge < -0.3 is 16.2 Å². The molecule has 0 radical (unpaired) electrons. The van der Waals surface area contributed by atoms with Gasteiger partial charge in [-0.1, -0.05) is 60.7 Å². The molecular formula is C27H24N4O2S. The minimum atomic E-state index is -0.998. The molecule has 0 saturated heterocycles. The van der Waals surface area contributed by atoms with Gasteiger partial charge in [-0.3, -0.25) is 4.79 Å². The van der Waals surface area contributed by atoms with Crippen molar-refractivity contribution in [3.05, 3.63) is 89.6 Å². The second-order valence-corrected chi connectivity index (χ2v) is 9.25. The van der Waals surface area contributed by atoms with E-state index in [0.717, 1.165) is 32.7 Å². The van der Waals surface area contributed by atoms with Gasteiger partial charge in [-0.2, -0.15) is 0 Å². The second-order valence-electron chi connectivity index (χ2n) is 8.37. The standard InChI is InChI=1S/C27H24N4O2S/c1-16(20-11-10-18-4-2-3-5-21(18)13-20)31-26-25-24(29-15-30-26)22(14-34-25)19-8-6-17(7-9-19)12-23(28)27(32)33/h2-11,13-16,23H,12,28H2,1H3,(H,32,33)(H,29,30,31)/t16-,23?/m1/s1. The number of nitrogens with zero attached hydrogens (tertiary/aromatic N) is 2. The Hall–Kier alpha value is -3.81. The lowest BCUT2D eigenvalue weighted by Crippen LogP contribution is -2.32. The van der Waals surface area contributed by atoms with Crippen molar-refractivity contribution in [1.29, 1.82) is 0 Å². The van der Waals surface area contributed by atoms with Gasteiger partial charge in [-0.15, -0.1) is 11.3 Å². The topological polar surface area (TPSA) is 101 Å². The minimum Gasteiger partial charge on any atom is -0.480 e. The molecule has 0 bridgehead atoms. The third-order valence-electron chi connectivity index (χ3n) is 6.02. The van der Waals surface area contributed by atoms with Gasteiger partial charge >= 0.3 is 5.97 Å². The molecule has 0 aliphatic heterocycles. The first-order valence-corrected chi connectivity index (χ1v) is 11.9. The number of rotatable bonds is 7. The van der Waals surface area contributed by atoms with E-state index in [1.165, 1.54) is 16.3 Å². The molecule has 5 aromatic rings. The summed E-state index contributed by atoms with van der Waals surface area (Å²) in [6.07, 6.45) is 1.89. The molecule has 2 aromatic heterocycles. The van der Waals surface area contributed by atoms with Crippen LogP contribution in [0.5, 0.6) is 0 Å². The Morgan fingerprint density at radius 2 is 1.82 bits per heavy atom. The number of benzene rings is 3. The SMILES string of the molecule is C[C@@H](Nc1ncnc2c(-c3ccc(CC(N)C(=O)O)cc3)csc12)c1ccc2ccccc2c1. The van der Waals surface area contributed by atoms with Crippen LogP contribution in [0.3, 0.4) is 0 Å². The Morgan fingerprint density at radius 1 is 1.06 bits per heavy atom. The Morgan fingerprint density at radius 3 is 2.59 bits per heavy atom. The first kappa shape index (κ1) is 22.0. The normalized spacial score (nSPS) is 13.1. The molecule has 3 aromatic carbocycles. The number of aromatic nitrogens is 2. The number of carboxylic acids is 1. The fourth-order valence-electron chi connectivity index (χ4n) is 4.09. The minimum absolute atomic E-state index is 0.0750. The number of fused-ring (bicyclic) bond motifs is 2. The predicted molar refractivity (Wildman–Crippen MR) is 138 cm³/mol. The lowest BCUT2D eigenvalue weighted by atomic mass is 10.0. The molecule has 0 amide bonds.